The number of carbonyl (C=O) groups is 1. The molecule has 1 aromatic carbocycles. The Labute approximate surface area is 151 Å². The van der Waals surface area contributed by atoms with Gasteiger partial charge in [-0.1, -0.05) is 18.2 Å². The van der Waals surface area contributed by atoms with Crippen molar-refractivity contribution in [3.63, 3.8) is 0 Å². The van der Waals surface area contributed by atoms with Gasteiger partial charge >= 0.3 is 0 Å². The van der Waals surface area contributed by atoms with Gasteiger partial charge in [-0.25, -0.2) is 0 Å². The second kappa shape index (κ2) is 8.22. The van der Waals surface area contributed by atoms with Crippen molar-refractivity contribution >= 4 is 36.4 Å². The van der Waals surface area contributed by atoms with E-state index >= 15 is 0 Å². The van der Waals surface area contributed by atoms with Crippen LogP contribution in [0.1, 0.15) is 24.8 Å². The van der Waals surface area contributed by atoms with E-state index in [1.54, 1.807) is 0 Å². The predicted octanol–water partition coefficient (Wildman–Crippen LogP) is 2.60. The van der Waals surface area contributed by atoms with Crippen LogP contribution in [0.15, 0.2) is 24.3 Å². The number of hydrogen-bond donors (Lipinski definition) is 2. The molecule has 23 heavy (non-hydrogen) atoms. The summed E-state index contributed by atoms with van der Waals surface area (Å²) in [7, 11) is 4.07. The highest BCUT2D eigenvalue weighted by Gasteiger charge is 2.57. The van der Waals surface area contributed by atoms with Gasteiger partial charge in [0.1, 0.15) is 0 Å². The van der Waals surface area contributed by atoms with Crippen LogP contribution < -0.4 is 15.5 Å². The van der Waals surface area contributed by atoms with Gasteiger partial charge in [0.05, 0.1) is 0 Å². The number of piperidine rings is 1. The molecule has 0 bridgehead atoms. The normalized spacial score (nSPS) is 20.9. The van der Waals surface area contributed by atoms with Gasteiger partial charge in [-0.3, -0.25) is 4.79 Å². The van der Waals surface area contributed by atoms with Gasteiger partial charge in [-0.15, -0.1) is 24.8 Å². The van der Waals surface area contributed by atoms with E-state index in [0.29, 0.717) is 12.0 Å². The van der Waals surface area contributed by atoms with Crippen LogP contribution in [0, 0.1) is 11.3 Å². The Morgan fingerprint density at radius 1 is 1.26 bits per heavy atom. The summed E-state index contributed by atoms with van der Waals surface area (Å²) >= 11 is 0. The van der Waals surface area contributed by atoms with Gasteiger partial charge in [0.2, 0.25) is 5.91 Å². The largest absolute Gasteiger partial charge is 0.377 e. The maximum atomic E-state index is 12.4. The lowest BCUT2D eigenvalue weighted by Gasteiger charge is -2.23. The highest BCUT2D eigenvalue weighted by molar-refractivity contribution is 5.85. The molecule has 130 valence electrons. The van der Waals surface area contributed by atoms with E-state index in [9.17, 15) is 4.79 Å². The average Bonchev–Trinajstić information content (AvgIpc) is 3.19. The fourth-order valence-electron chi connectivity index (χ4n) is 3.60. The quantitative estimate of drug-likeness (QED) is 0.868. The van der Waals surface area contributed by atoms with Crippen molar-refractivity contribution in [2.45, 2.75) is 25.8 Å². The fourth-order valence-corrected chi connectivity index (χ4v) is 3.60. The van der Waals surface area contributed by atoms with Crippen LogP contribution >= 0.6 is 24.8 Å². The van der Waals surface area contributed by atoms with E-state index in [2.05, 4.69) is 27.7 Å². The minimum atomic E-state index is 0. The average molecular weight is 360 g/mol. The zero-order valence-electron chi connectivity index (χ0n) is 13.8. The van der Waals surface area contributed by atoms with Crippen molar-refractivity contribution in [2.75, 3.05) is 32.1 Å². The number of benzene rings is 1. The molecule has 2 fully saturated rings. The molecule has 0 aromatic heterocycles. The third kappa shape index (κ3) is 4.31. The summed E-state index contributed by atoms with van der Waals surface area (Å²) in [5.41, 5.74) is 2.66. The molecule has 1 unspecified atom stereocenters. The molecular formula is C17H27Cl2N3O. The first-order valence-corrected chi connectivity index (χ1v) is 7.86. The Kier molecular flexibility index (Phi) is 7.18. The van der Waals surface area contributed by atoms with Crippen LogP contribution in [0.4, 0.5) is 5.69 Å². The van der Waals surface area contributed by atoms with E-state index in [0.717, 1.165) is 32.4 Å². The molecule has 1 saturated carbocycles. The Hall–Kier alpha value is -0.970. The number of amides is 1. The highest BCUT2D eigenvalue weighted by atomic mass is 35.5. The standard InChI is InChI=1S/C17H25N3O.2ClH/c1-20(2)15-6-4-3-5-13(15)12-19-16(21)14-11-17(14)7-9-18-10-8-17;;/h3-6,14,18H,7-12H2,1-2H3,(H,19,21);2*1H. The van der Waals surface area contributed by atoms with Gasteiger partial charge in [-0.2, -0.15) is 0 Å². The van der Waals surface area contributed by atoms with E-state index in [-0.39, 0.29) is 36.6 Å². The maximum Gasteiger partial charge on any atom is 0.223 e. The summed E-state index contributed by atoms with van der Waals surface area (Å²) in [6.45, 7) is 2.75. The molecule has 1 atom stereocenters. The van der Waals surface area contributed by atoms with Crippen LogP contribution in [0.3, 0.4) is 0 Å². The van der Waals surface area contributed by atoms with E-state index in [1.807, 2.05) is 26.2 Å². The molecule has 6 heteroatoms. The Morgan fingerprint density at radius 2 is 1.91 bits per heavy atom. The molecule has 0 radical (unpaired) electrons. The number of rotatable bonds is 4. The van der Waals surface area contributed by atoms with Gasteiger partial charge in [0, 0.05) is 32.2 Å². The van der Waals surface area contributed by atoms with Crippen LogP contribution in [-0.2, 0) is 11.3 Å². The first kappa shape index (κ1) is 20.1. The molecular weight excluding hydrogens is 333 g/mol. The van der Waals surface area contributed by atoms with Crippen molar-refractivity contribution in [1.82, 2.24) is 10.6 Å². The summed E-state index contributed by atoms with van der Waals surface area (Å²) in [5, 5.41) is 6.52. The van der Waals surface area contributed by atoms with Crippen molar-refractivity contribution in [1.29, 1.82) is 0 Å². The third-order valence-electron chi connectivity index (χ3n) is 5.03. The van der Waals surface area contributed by atoms with Crippen molar-refractivity contribution < 1.29 is 4.79 Å². The van der Waals surface area contributed by atoms with E-state index in [1.165, 1.54) is 11.3 Å². The lowest BCUT2D eigenvalue weighted by Crippen LogP contribution is -2.33. The molecule has 1 aliphatic carbocycles. The number of nitrogens with zero attached hydrogens (tertiary/aromatic N) is 1. The van der Waals surface area contributed by atoms with Gasteiger partial charge in [0.15, 0.2) is 0 Å². The first-order chi connectivity index (χ1) is 10.1. The molecule has 1 saturated heterocycles. The number of para-hydroxylation sites is 1. The second-order valence-electron chi connectivity index (χ2n) is 6.61. The SMILES string of the molecule is CN(C)c1ccccc1CNC(=O)C1CC12CCNCC2.Cl.Cl. The Balaban J connectivity index is 0.00000132. The van der Waals surface area contributed by atoms with Crippen LogP contribution in [0.25, 0.3) is 0 Å². The first-order valence-electron chi connectivity index (χ1n) is 7.86. The second-order valence-corrected chi connectivity index (χ2v) is 6.61. The van der Waals surface area contributed by atoms with Gasteiger partial charge < -0.3 is 15.5 Å². The Morgan fingerprint density at radius 3 is 2.57 bits per heavy atom. The fraction of sp³-hybridized carbons (Fsp3) is 0.588. The van der Waals surface area contributed by atoms with Crippen LogP contribution in [0.2, 0.25) is 0 Å². The van der Waals surface area contributed by atoms with Gasteiger partial charge in [0.25, 0.3) is 0 Å². The van der Waals surface area contributed by atoms with Gasteiger partial charge in [-0.05, 0) is 49.4 Å². The molecule has 1 heterocycles. The third-order valence-corrected chi connectivity index (χ3v) is 5.03. The summed E-state index contributed by atoms with van der Waals surface area (Å²) < 4.78 is 0. The summed E-state index contributed by atoms with van der Waals surface area (Å²) in [5.74, 6) is 0.483. The molecule has 2 aliphatic rings. The zero-order chi connectivity index (χ0) is 14.9. The maximum absolute atomic E-state index is 12.4. The lowest BCUT2D eigenvalue weighted by molar-refractivity contribution is -0.123. The summed E-state index contributed by atoms with van der Waals surface area (Å²) in [6, 6.07) is 8.24. The molecule has 4 nitrogen and oxygen atoms in total. The minimum absolute atomic E-state index is 0. The smallest absolute Gasteiger partial charge is 0.223 e. The van der Waals surface area contributed by atoms with Crippen molar-refractivity contribution in [2.24, 2.45) is 11.3 Å². The molecule has 2 N–H and O–H groups in total. The number of halogens is 2. The van der Waals surface area contributed by atoms with Crippen LogP contribution in [0.5, 0.6) is 0 Å². The van der Waals surface area contributed by atoms with Crippen molar-refractivity contribution in [3.05, 3.63) is 29.8 Å². The number of nitrogens with one attached hydrogen (secondary N) is 2. The Bertz CT molecular complexity index is 530. The molecule has 1 aromatic rings. The van der Waals surface area contributed by atoms with E-state index < -0.39 is 0 Å². The molecule has 1 aliphatic heterocycles. The number of anilines is 1. The molecule has 1 spiro atoms. The van der Waals surface area contributed by atoms with Crippen molar-refractivity contribution in [3.8, 4) is 0 Å². The molecule has 1 amide bonds. The number of carbonyl (C=O) groups excluding carboxylic acids is 1. The lowest BCUT2D eigenvalue weighted by atomic mass is 9.92. The monoisotopic (exact) mass is 359 g/mol. The minimum Gasteiger partial charge on any atom is -0.377 e. The summed E-state index contributed by atoms with van der Waals surface area (Å²) in [6.07, 6.45) is 3.38. The molecule has 3 rings (SSSR count). The van der Waals surface area contributed by atoms with Crippen LogP contribution in [-0.4, -0.2) is 33.1 Å². The number of hydrogen-bond acceptors (Lipinski definition) is 3. The predicted molar refractivity (Wildman–Crippen MR) is 99.8 cm³/mol. The zero-order valence-corrected chi connectivity index (χ0v) is 15.4. The van der Waals surface area contributed by atoms with E-state index in [4.69, 9.17) is 0 Å². The highest BCUT2D eigenvalue weighted by Crippen LogP contribution is 2.58. The topological polar surface area (TPSA) is 44.4 Å². The summed E-state index contributed by atoms with van der Waals surface area (Å²) in [4.78, 5) is 14.5.